The van der Waals surface area contributed by atoms with Crippen molar-refractivity contribution in [3.05, 3.63) is 0 Å². The molecule has 4 atom stereocenters. The Morgan fingerprint density at radius 3 is 2.50 bits per heavy atom. The summed E-state index contributed by atoms with van der Waals surface area (Å²) in [6, 6.07) is 0. The number of ether oxygens (including phenoxy) is 2. The van der Waals surface area contributed by atoms with Crippen molar-refractivity contribution in [2.45, 2.75) is 45.0 Å². The van der Waals surface area contributed by atoms with Crippen LogP contribution in [0, 0.1) is 35.5 Å². The van der Waals surface area contributed by atoms with Crippen LogP contribution in [0.4, 0.5) is 0 Å². The second-order valence-electron chi connectivity index (χ2n) is 6.98. The summed E-state index contributed by atoms with van der Waals surface area (Å²) in [5.74, 6) is 3.16. The van der Waals surface area contributed by atoms with Gasteiger partial charge in [0, 0.05) is 24.2 Å². The van der Waals surface area contributed by atoms with E-state index in [1.807, 2.05) is 0 Å². The van der Waals surface area contributed by atoms with E-state index in [4.69, 9.17) is 15.9 Å². The molecule has 4 unspecified atom stereocenters. The van der Waals surface area contributed by atoms with Crippen LogP contribution in [0.3, 0.4) is 0 Å². The van der Waals surface area contributed by atoms with Crippen molar-refractivity contribution in [3.63, 3.8) is 0 Å². The van der Waals surface area contributed by atoms with Crippen LogP contribution in [0.5, 0.6) is 0 Å². The van der Waals surface area contributed by atoms with E-state index in [9.17, 15) is 5.11 Å². The van der Waals surface area contributed by atoms with Crippen molar-refractivity contribution in [2.75, 3.05) is 13.2 Å². The Morgan fingerprint density at radius 2 is 1.89 bits per heavy atom. The molecule has 1 aliphatic heterocycles. The molecule has 0 bridgehead atoms. The molecular formula is C15H22O3. The zero-order valence-electron chi connectivity index (χ0n) is 11.2. The average Bonchev–Trinajstić information content (AvgIpc) is 2.77. The third-order valence-corrected chi connectivity index (χ3v) is 4.79. The lowest BCUT2D eigenvalue weighted by molar-refractivity contribution is -0.298. The van der Waals surface area contributed by atoms with Gasteiger partial charge in [0.2, 0.25) is 0 Å². The Kier molecular flexibility index (Phi) is 2.75. The molecule has 0 amide bonds. The highest BCUT2D eigenvalue weighted by molar-refractivity contribution is 5.11. The van der Waals surface area contributed by atoms with Crippen LogP contribution >= 0.6 is 0 Å². The predicted octanol–water partition coefficient (Wildman–Crippen LogP) is 1.80. The maximum absolute atomic E-state index is 9.94. The van der Waals surface area contributed by atoms with Crippen LogP contribution in [0.2, 0.25) is 0 Å². The fourth-order valence-electron chi connectivity index (χ4n) is 3.79. The average molecular weight is 250 g/mol. The van der Waals surface area contributed by atoms with E-state index in [0.717, 1.165) is 32.5 Å². The van der Waals surface area contributed by atoms with Gasteiger partial charge < -0.3 is 14.6 Å². The molecule has 3 heteroatoms. The summed E-state index contributed by atoms with van der Waals surface area (Å²) in [4.78, 5) is 0. The van der Waals surface area contributed by atoms with E-state index >= 15 is 0 Å². The topological polar surface area (TPSA) is 38.7 Å². The van der Waals surface area contributed by atoms with Gasteiger partial charge in [-0.25, -0.2) is 0 Å². The van der Waals surface area contributed by atoms with Crippen LogP contribution in [0.15, 0.2) is 0 Å². The van der Waals surface area contributed by atoms with E-state index in [-0.39, 0.29) is 17.4 Å². The molecule has 1 saturated heterocycles. The fourth-order valence-corrected chi connectivity index (χ4v) is 3.79. The quantitative estimate of drug-likeness (QED) is 0.666. The van der Waals surface area contributed by atoms with Gasteiger partial charge in [0.05, 0.1) is 19.3 Å². The molecule has 0 aromatic rings. The second kappa shape index (κ2) is 3.96. The van der Waals surface area contributed by atoms with Gasteiger partial charge in [0.25, 0.3) is 0 Å². The second-order valence-corrected chi connectivity index (χ2v) is 6.98. The van der Waals surface area contributed by atoms with Crippen molar-refractivity contribution in [1.82, 2.24) is 0 Å². The van der Waals surface area contributed by atoms with Gasteiger partial charge in [-0.1, -0.05) is 13.8 Å². The molecule has 0 aromatic carbocycles. The van der Waals surface area contributed by atoms with E-state index in [1.54, 1.807) is 0 Å². The molecule has 3 fully saturated rings. The van der Waals surface area contributed by atoms with Gasteiger partial charge in [-0.05, 0) is 18.3 Å². The normalized spacial score (nSPS) is 44.8. The van der Waals surface area contributed by atoms with Gasteiger partial charge in [-0.15, -0.1) is 12.3 Å². The summed E-state index contributed by atoms with van der Waals surface area (Å²) in [5, 5.41) is 9.94. The van der Waals surface area contributed by atoms with Crippen LogP contribution in [0.1, 0.15) is 33.1 Å². The first kappa shape index (κ1) is 12.5. The monoisotopic (exact) mass is 250 g/mol. The molecule has 3 aliphatic rings. The third-order valence-electron chi connectivity index (χ3n) is 4.79. The molecular weight excluding hydrogens is 228 g/mol. The molecule has 18 heavy (non-hydrogen) atoms. The Hall–Kier alpha value is -0.560. The first-order valence-corrected chi connectivity index (χ1v) is 6.87. The Bertz CT molecular complexity index is 372. The number of hydrogen-bond acceptors (Lipinski definition) is 3. The summed E-state index contributed by atoms with van der Waals surface area (Å²) in [5.41, 5.74) is 0.105. The molecule has 3 rings (SSSR count). The molecule has 0 aromatic heterocycles. The van der Waals surface area contributed by atoms with Crippen LogP contribution < -0.4 is 0 Å². The molecule has 2 saturated carbocycles. The van der Waals surface area contributed by atoms with E-state index in [2.05, 4.69) is 19.8 Å². The number of aliphatic hydroxyl groups is 1. The highest BCUT2D eigenvalue weighted by Crippen LogP contribution is 2.54. The van der Waals surface area contributed by atoms with Gasteiger partial charge >= 0.3 is 0 Å². The lowest BCUT2D eigenvalue weighted by Crippen LogP contribution is -2.46. The van der Waals surface area contributed by atoms with Crippen molar-refractivity contribution >= 4 is 0 Å². The Balaban J connectivity index is 1.72. The first-order chi connectivity index (χ1) is 8.45. The van der Waals surface area contributed by atoms with Crippen molar-refractivity contribution in [2.24, 2.45) is 23.2 Å². The van der Waals surface area contributed by atoms with E-state index in [1.165, 1.54) is 0 Å². The lowest BCUT2D eigenvalue weighted by Gasteiger charge is -2.42. The highest BCUT2D eigenvalue weighted by Gasteiger charge is 2.56. The largest absolute Gasteiger partial charge is 0.392 e. The van der Waals surface area contributed by atoms with Gasteiger partial charge in [0.15, 0.2) is 5.79 Å². The minimum absolute atomic E-state index is 0.0171. The smallest absolute Gasteiger partial charge is 0.168 e. The van der Waals surface area contributed by atoms with E-state index in [0.29, 0.717) is 11.8 Å². The maximum atomic E-state index is 9.94. The molecule has 1 N–H and O–H groups in total. The van der Waals surface area contributed by atoms with Crippen molar-refractivity contribution in [1.29, 1.82) is 0 Å². The fraction of sp³-hybridized carbons (Fsp3) is 0.867. The molecule has 0 radical (unpaired) electrons. The number of rotatable bonds is 0. The Labute approximate surface area is 109 Å². The third kappa shape index (κ3) is 1.87. The van der Waals surface area contributed by atoms with Crippen molar-refractivity contribution in [3.8, 4) is 12.3 Å². The SMILES string of the molecule is C#CC1C(O)CC2CC3(CC21)OCC(C)(C)CO3. The number of terminal acetylenes is 1. The molecule has 100 valence electrons. The van der Waals surface area contributed by atoms with E-state index < -0.39 is 5.79 Å². The van der Waals surface area contributed by atoms with Crippen LogP contribution in [-0.4, -0.2) is 30.2 Å². The minimum atomic E-state index is -0.417. The molecule has 1 heterocycles. The summed E-state index contributed by atoms with van der Waals surface area (Å²) >= 11 is 0. The molecule has 1 spiro atoms. The number of fused-ring (bicyclic) bond motifs is 1. The zero-order valence-corrected chi connectivity index (χ0v) is 11.2. The van der Waals surface area contributed by atoms with Crippen LogP contribution in [0.25, 0.3) is 0 Å². The zero-order chi connectivity index (χ0) is 13.0. The maximum Gasteiger partial charge on any atom is 0.168 e. The number of hydrogen-bond donors (Lipinski definition) is 1. The lowest BCUT2D eigenvalue weighted by atomic mass is 9.91. The Morgan fingerprint density at radius 1 is 1.22 bits per heavy atom. The van der Waals surface area contributed by atoms with Gasteiger partial charge in [-0.2, -0.15) is 0 Å². The molecule has 3 nitrogen and oxygen atoms in total. The summed E-state index contributed by atoms with van der Waals surface area (Å²) in [6.45, 7) is 5.80. The summed E-state index contributed by atoms with van der Waals surface area (Å²) < 4.78 is 12.1. The molecule has 2 aliphatic carbocycles. The van der Waals surface area contributed by atoms with Gasteiger partial charge in [0.1, 0.15) is 0 Å². The van der Waals surface area contributed by atoms with Crippen LogP contribution in [-0.2, 0) is 9.47 Å². The van der Waals surface area contributed by atoms with Gasteiger partial charge in [-0.3, -0.25) is 0 Å². The summed E-state index contributed by atoms with van der Waals surface area (Å²) in [7, 11) is 0. The first-order valence-electron chi connectivity index (χ1n) is 6.87. The summed E-state index contributed by atoms with van der Waals surface area (Å²) in [6.07, 6.45) is 7.76. The predicted molar refractivity (Wildman–Crippen MR) is 67.6 cm³/mol. The van der Waals surface area contributed by atoms with Crippen molar-refractivity contribution < 1.29 is 14.6 Å². The standard InChI is InChI=1S/C15H22O3/c1-4-11-12-7-15(6-10(12)5-13(11)16)17-8-14(2,3)9-18-15/h1,10-13,16H,5-9H2,2-3H3. The number of aliphatic hydroxyl groups excluding tert-OH is 1. The highest BCUT2D eigenvalue weighted by atomic mass is 16.7. The minimum Gasteiger partial charge on any atom is -0.392 e.